The van der Waals surface area contributed by atoms with Gasteiger partial charge in [-0.2, -0.15) is 0 Å². The van der Waals surface area contributed by atoms with Crippen molar-refractivity contribution in [2.45, 2.75) is 34.1 Å². The third-order valence-corrected chi connectivity index (χ3v) is 2.43. The van der Waals surface area contributed by atoms with Gasteiger partial charge < -0.3 is 5.32 Å². The topological polar surface area (TPSA) is 29.1 Å². The number of hydrogen-bond donors (Lipinski definition) is 1. The second-order valence-electron chi connectivity index (χ2n) is 4.48. The monoisotopic (exact) mass is 249 g/mol. The second-order valence-corrected chi connectivity index (χ2v) is 5.27. The molecule has 0 fully saturated rings. The summed E-state index contributed by atoms with van der Waals surface area (Å²) >= 11 is 3.41. The van der Waals surface area contributed by atoms with Crippen LogP contribution in [0, 0.1) is 11.3 Å². The highest BCUT2D eigenvalue weighted by Crippen LogP contribution is 2.19. The maximum Gasteiger partial charge on any atom is 0.222 e. The fourth-order valence-corrected chi connectivity index (χ4v) is 1.95. The minimum Gasteiger partial charge on any atom is -0.355 e. The summed E-state index contributed by atoms with van der Waals surface area (Å²) in [5.74, 6) is 0.224. The summed E-state index contributed by atoms with van der Waals surface area (Å²) in [7, 11) is 0. The Morgan fingerprint density at radius 2 is 2.00 bits per heavy atom. The van der Waals surface area contributed by atoms with Crippen molar-refractivity contribution in [3.8, 4) is 0 Å². The van der Waals surface area contributed by atoms with Crippen LogP contribution in [0.25, 0.3) is 0 Å². The number of rotatable bonds is 5. The molecule has 13 heavy (non-hydrogen) atoms. The Morgan fingerprint density at radius 3 is 2.38 bits per heavy atom. The predicted octanol–water partition coefficient (Wildman–Crippen LogP) is 2.57. The van der Waals surface area contributed by atoms with Crippen molar-refractivity contribution >= 4 is 21.8 Å². The van der Waals surface area contributed by atoms with Gasteiger partial charge in [0.2, 0.25) is 5.91 Å². The number of amides is 1. The maximum atomic E-state index is 11.3. The first kappa shape index (κ1) is 12.9. The first-order valence-electron chi connectivity index (χ1n) is 4.73. The Balaban J connectivity index is 3.80. The molecule has 0 saturated carbocycles. The van der Waals surface area contributed by atoms with E-state index in [-0.39, 0.29) is 17.2 Å². The highest BCUT2D eigenvalue weighted by Gasteiger charge is 2.18. The lowest BCUT2D eigenvalue weighted by Crippen LogP contribution is -2.36. The van der Waals surface area contributed by atoms with Gasteiger partial charge in [0.05, 0.1) is 0 Å². The smallest absolute Gasteiger partial charge is 0.222 e. The Kier molecular flexibility index (Phi) is 5.61. The van der Waals surface area contributed by atoms with Crippen LogP contribution in [0.3, 0.4) is 0 Å². The molecule has 0 aromatic rings. The average Bonchev–Trinajstić information content (AvgIpc) is 2.00. The van der Waals surface area contributed by atoms with Gasteiger partial charge in [0.25, 0.3) is 0 Å². The molecule has 0 rings (SSSR count). The normalized spacial score (nSPS) is 11.8. The van der Waals surface area contributed by atoms with Gasteiger partial charge in [-0.1, -0.05) is 43.6 Å². The van der Waals surface area contributed by atoms with E-state index in [0.29, 0.717) is 0 Å². The Hall–Kier alpha value is -0.0500. The van der Waals surface area contributed by atoms with Crippen molar-refractivity contribution < 1.29 is 4.79 Å². The van der Waals surface area contributed by atoms with Crippen LogP contribution in [0.4, 0.5) is 0 Å². The number of nitrogens with one attached hydrogen (secondary N) is 1. The molecular weight excluding hydrogens is 230 g/mol. The van der Waals surface area contributed by atoms with Crippen molar-refractivity contribution in [2.75, 3.05) is 11.9 Å². The summed E-state index contributed by atoms with van der Waals surface area (Å²) in [5, 5.41) is 3.93. The lowest BCUT2D eigenvalue weighted by atomic mass is 9.90. The van der Waals surface area contributed by atoms with Crippen LogP contribution in [0.1, 0.15) is 34.1 Å². The molecule has 2 nitrogen and oxygen atoms in total. The molecule has 1 N–H and O–H groups in total. The quantitative estimate of drug-likeness (QED) is 0.746. The van der Waals surface area contributed by atoms with E-state index in [4.69, 9.17) is 0 Å². The second kappa shape index (κ2) is 5.63. The average molecular weight is 250 g/mol. The lowest BCUT2D eigenvalue weighted by molar-refractivity contribution is -0.124. The van der Waals surface area contributed by atoms with Crippen molar-refractivity contribution in [3.05, 3.63) is 0 Å². The molecule has 0 unspecified atom stereocenters. The van der Waals surface area contributed by atoms with Crippen molar-refractivity contribution in [3.63, 3.8) is 0 Å². The standard InChI is InChI=1S/C10H20BrNO/c1-8(2)9(13)12-7-10(3,4)5-6-11/h8H,5-7H2,1-4H3,(H,12,13). The Bertz CT molecular complexity index is 166. The van der Waals surface area contributed by atoms with Crippen LogP contribution in [-0.2, 0) is 4.79 Å². The van der Waals surface area contributed by atoms with Crippen LogP contribution in [-0.4, -0.2) is 17.8 Å². The number of hydrogen-bond acceptors (Lipinski definition) is 1. The molecular formula is C10H20BrNO. The van der Waals surface area contributed by atoms with Crippen LogP contribution in [0.2, 0.25) is 0 Å². The molecule has 0 aromatic heterocycles. The summed E-state index contributed by atoms with van der Waals surface area (Å²) in [6.07, 6.45) is 1.07. The van der Waals surface area contributed by atoms with Crippen LogP contribution >= 0.6 is 15.9 Å². The zero-order chi connectivity index (χ0) is 10.5. The van der Waals surface area contributed by atoms with Gasteiger partial charge >= 0.3 is 0 Å². The van der Waals surface area contributed by atoms with Crippen molar-refractivity contribution in [1.29, 1.82) is 0 Å². The first-order chi connectivity index (χ1) is 5.89. The minimum absolute atomic E-state index is 0.0831. The fourth-order valence-electron chi connectivity index (χ4n) is 0.875. The molecule has 0 atom stereocenters. The van der Waals surface area contributed by atoms with Gasteiger partial charge in [0.1, 0.15) is 0 Å². The van der Waals surface area contributed by atoms with Crippen LogP contribution in [0.5, 0.6) is 0 Å². The van der Waals surface area contributed by atoms with E-state index in [1.807, 2.05) is 13.8 Å². The van der Waals surface area contributed by atoms with Crippen LogP contribution in [0.15, 0.2) is 0 Å². The van der Waals surface area contributed by atoms with Gasteiger partial charge in [-0.3, -0.25) is 4.79 Å². The van der Waals surface area contributed by atoms with Crippen LogP contribution < -0.4 is 5.32 Å². The largest absolute Gasteiger partial charge is 0.355 e. The molecule has 0 aromatic carbocycles. The molecule has 0 radical (unpaired) electrons. The summed E-state index contributed by atoms with van der Waals surface area (Å²) in [6.45, 7) is 8.90. The van der Waals surface area contributed by atoms with E-state index in [2.05, 4.69) is 35.1 Å². The lowest BCUT2D eigenvalue weighted by Gasteiger charge is -2.24. The highest BCUT2D eigenvalue weighted by molar-refractivity contribution is 9.09. The molecule has 3 heteroatoms. The third kappa shape index (κ3) is 6.08. The molecule has 0 aliphatic heterocycles. The SMILES string of the molecule is CC(C)C(=O)NCC(C)(C)CCBr. The third-order valence-electron chi connectivity index (χ3n) is 2.04. The number of carbonyl (C=O) groups excluding carboxylic acids is 1. The van der Waals surface area contributed by atoms with E-state index < -0.39 is 0 Å². The highest BCUT2D eigenvalue weighted by atomic mass is 79.9. The maximum absolute atomic E-state index is 11.3. The van der Waals surface area contributed by atoms with E-state index in [0.717, 1.165) is 18.3 Å². The fraction of sp³-hybridized carbons (Fsp3) is 0.900. The molecule has 0 saturated heterocycles. The van der Waals surface area contributed by atoms with E-state index in [1.54, 1.807) is 0 Å². The summed E-state index contributed by atoms with van der Waals surface area (Å²) in [6, 6.07) is 0. The van der Waals surface area contributed by atoms with E-state index in [1.165, 1.54) is 0 Å². The zero-order valence-corrected chi connectivity index (χ0v) is 10.6. The number of halogens is 1. The molecule has 0 heterocycles. The summed E-state index contributed by atoms with van der Waals surface area (Å²) in [4.78, 5) is 11.3. The number of carbonyl (C=O) groups is 1. The van der Waals surface area contributed by atoms with Gasteiger partial charge in [0, 0.05) is 17.8 Å². The van der Waals surface area contributed by atoms with Gasteiger partial charge in [-0.05, 0) is 11.8 Å². The minimum atomic E-state index is 0.0831. The molecule has 0 spiro atoms. The Labute approximate surface area is 89.6 Å². The van der Waals surface area contributed by atoms with Gasteiger partial charge in [0.15, 0.2) is 0 Å². The van der Waals surface area contributed by atoms with Crippen molar-refractivity contribution in [2.24, 2.45) is 11.3 Å². The first-order valence-corrected chi connectivity index (χ1v) is 5.85. The van der Waals surface area contributed by atoms with E-state index >= 15 is 0 Å². The van der Waals surface area contributed by atoms with Crippen molar-refractivity contribution in [1.82, 2.24) is 5.32 Å². The number of alkyl halides is 1. The predicted molar refractivity (Wildman–Crippen MR) is 60.0 cm³/mol. The molecule has 0 aliphatic rings. The van der Waals surface area contributed by atoms with Gasteiger partial charge in [-0.25, -0.2) is 0 Å². The molecule has 78 valence electrons. The summed E-state index contributed by atoms with van der Waals surface area (Å²) < 4.78 is 0. The molecule has 0 bridgehead atoms. The van der Waals surface area contributed by atoms with Gasteiger partial charge in [-0.15, -0.1) is 0 Å². The Morgan fingerprint density at radius 1 is 1.46 bits per heavy atom. The molecule has 0 aliphatic carbocycles. The summed E-state index contributed by atoms with van der Waals surface area (Å²) in [5.41, 5.74) is 0.189. The molecule has 1 amide bonds. The zero-order valence-electron chi connectivity index (χ0n) is 8.98. The van der Waals surface area contributed by atoms with E-state index in [9.17, 15) is 4.79 Å².